The van der Waals surface area contributed by atoms with Gasteiger partial charge >= 0.3 is 0 Å². The van der Waals surface area contributed by atoms with Gasteiger partial charge in [-0.05, 0) is 30.0 Å². The molecule has 2 N–H and O–H groups in total. The fraction of sp³-hybridized carbons (Fsp3) is 0.412. The van der Waals surface area contributed by atoms with Crippen LogP contribution in [0.4, 0.5) is 0 Å². The third-order valence-corrected chi connectivity index (χ3v) is 4.33. The highest BCUT2D eigenvalue weighted by atomic mass is 16.5. The number of methoxy groups -OCH3 is 1. The van der Waals surface area contributed by atoms with E-state index in [-0.39, 0.29) is 24.5 Å². The quantitative estimate of drug-likeness (QED) is 0.874. The minimum atomic E-state index is -0.964. The molecule has 0 radical (unpaired) electrons. The number of pyridine rings is 1. The zero-order valence-corrected chi connectivity index (χ0v) is 13.2. The number of rotatable bonds is 5. The first-order valence-corrected chi connectivity index (χ1v) is 7.68. The number of aliphatic hydroxyl groups excluding tert-OH is 1. The standard InChI is InChI=1S/C17H20N2O4/c1-3-12-14(19-16(21)15(12)20)9-23-17-13-8-11(22-2)5-4-10(13)6-7-18-17/h4-8,12,14-15,20H,3,9H2,1-2H3,(H,19,21)/t12-,14+,15+/m0/s1. The number of benzene rings is 1. The lowest BCUT2D eigenvalue weighted by molar-refractivity contribution is -0.127. The van der Waals surface area contributed by atoms with E-state index in [1.54, 1.807) is 13.3 Å². The molecule has 122 valence electrons. The van der Waals surface area contributed by atoms with Gasteiger partial charge in [0, 0.05) is 17.5 Å². The highest BCUT2D eigenvalue weighted by Crippen LogP contribution is 2.28. The zero-order chi connectivity index (χ0) is 16.4. The van der Waals surface area contributed by atoms with Gasteiger partial charge in [-0.1, -0.05) is 13.0 Å². The van der Waals surface area contributed by atoms with Crippen molar-refractivity contribution in [1.29, 1.82) is 0 Å². The summed E-state index contributed by atoms with van der Waals surface area (Å²) in [6.45, 7) is 2.22. The monoisotopic (exact) mass is 316 g/mol. The van der Waals surface area contributed by atoms with E-state index in [0.29, 0.717) is 12.3 Å². The Labute approximate surface area is 134 Å². The van der Waals surface area contributed by atoms with Gasteiger partial charge in [-0.3, -0.25) is 4.79 Å². The number of nitrogens with one attached hydrogen (secondary N) is 1. The molecule has 0 aliphatic carbocycles. The molecule has 3 rings (SSSR count). The van der Waals surface area contributed by atoms with Crippen LogP contribution in [-0.4, -0.2) is 41.9 Å². The van der Waals surface area contributed by atoms with E-state index in [0.717, 1.165) is 16.5 Å². The molecule has 1 aromatic carbocycles. The molecular formula is C17H20N2O4. The van der Waals surface area contributed by atoms with Crippen LogP contribution in [0.1, 0.15) is 13.3 Å². The topological polar surface area (TPSA) is 80.7 Å². The van der Waals surface area contributed by atoms with Crippen LogP contribution < -0.4 is 14.8 Å². The number of carbonyl (C=O) groups is 1. The van der Waals surface area contributed by atoms with Crippen molar-refractivity contribution in [1.82, 2.24) is 10.3 Å². The summed E-state index contributed by atoms with van der Waals surface area (Å²) in [4.78, 5) is 15.9. The Bertz CT molecular complexity index is 719. The van der Waals surface area contributed by atoms with Gasteiger partial charge < -0.3 is 19.9 Å². The summed E-state index contributed by atoms with van der Waals surface area (Å²) in [7, 11) is 1.61. The van der Waals surface area contributed by atoms with Crippen LogP contribution in [-0.2, 0) is 4.79 Å². The maximum absolute atomic E-state index is 11.6. The molecular weight excluding hydrogens is 296 g/mol. The largest absolute Gasteiger partial charge is 0.497 e. The number of aliphatic hydroxyl groups is 1. The Hall–Kier alpha value is -2.34. The van der Waals surface area contributed by atoms with Crippen molar-refractivity contribution in [2.45, 2.75) is 25.5 Å². The van der Waals surface area contributed by atoms with E-state index in [9.17, 15) is 9.90 Å². The summed E-state index contributed by atoms with van der Waals surface area (Å²) in [6, 6.07) is 7.38. The summed E-state index contributed by atoms with van der Waals surface area (Å²) in [5.41, 5.74) is 0. The Kier molecular flexibility index (Phi) is 4.34. The summed E-state index contributed by atoms with van der Waals surface area (Å²) < 4.78 is 11.1. The molecule has 1 aliphatic rings. The minimum absolute atomic E-state index is 0.146. The molecule has 0 spiro atoms. The van der Waals surface area contributed by atoms with Gasteiger partial charge in [-0.2, -0.15) is 0 Å². The average molecular weight is 316 g/mol. The smallest absolute Gasteiger partial charge is 0.249 e. The maximum atomic E-state index is 11.6. The average Bonchev–Trinajstić information content (AvgIpc) is 2.86. The fourth-order valence-corrected chi connectivity index (χ4v) is 2.99. The van der Waals surface area contributed by atoms with Crippen LogP contribution in [0, 0.1) is 5.92 Å². The lowest BCUT2D eigenvalue weighted by Gasteiger charge is -2.19. The summed E-state index contributed by atoms with van der Waals surface area (Å²) in [6.07, 6.45) is 1.42. The first-order chi connectivity index (χ1) is 11.1. The number of fused-ring (bicyclic) bond motifs is 1. The third kappa shape index (κ3) is 2.94. The van der Waals surface area contributed by atoms with Crippen LogP contribution in [0.3, 0.4) is 0 Å². The molecule has 2 aromatic rings. The molecule has 0 unspecified atom stereocenters. The van der Waals surface area contributed by atoms with Crippen molar-refractivity contribution in [3.63, 3.8) is 0 Å². The molecule has 1 amide bonds. The van der Waals surface area contributed by atoms with Crippen LogP contribution in [0.15, 0.2) is 30.5 Å². The minimum Gasteiger partial charge on any atom is -0.497 e. The van der Waals surface area contributed by atoms with Gasteiger partial charge in [0.15, 0.2) is 0 Å². The molecule has 0 saturated carbocycles. The SMILES string of the molecule is CC[C@H]1[C@@H](COc2nccc3ccc(OC)cc23)NC(=O)[C@@H]1O. The van der Waals surface area contributed by atoms with Crippen molar-refractivity contribution in [3.8, 4) is 11.6 Å². The van der Waals surface area contributed by atoms with E-state index in [1.807, 2.05) is 31.2 Å². The summed E-state index contributed by atoms with van der Waals surface area (Å²) in [5.74, 6) is 0.739. The van der Waals surface area contributed by atoms with Gasteiger partial charge in [0.1, 0.15) is 18.5 Å². The van der Waals surface area contributed by atoms with Crippen LogP contribution in [0.25, 0.3) is 10.8 Å². The third-order valence-electron chi connectivity index (χ3n) is 4.33. The van der Waals surface area contributed by atoms with E-state index in [1.165, 1.54) is 0 Å². The van der Waals surface area contributed by atoms with Crippen LogP contribution in [0.5, 0.6) is 11.6 Å². The second-order valence-corrected chi connectivity index (χ2v) is 5.65. The molecule has 2 heterocycles. The van der Waals surface area contributed by atoms with Crippen molar-refractivity contribution < 1.29 is 19.4 Å². The maximum Gasteiger partial charge on any atom is 0.249 e. The Balaban J connectivity index is 1.80. The van der Waals surface area contributed by atoms with Gasteiger partial charge in [0.2, 0.25) is 11.8 Å². The highest BCUT2D eigenvalue weighted by Gasteiger charge is 2.40. The fourth-order valence-electron chi connectivity index (χ4n) is 2.99. The van der Waals surface area contributed by atoms with E-state index < -0.39 is 6.10 Å². The molecule has 0 bridgehead atoms. The van der Waals surface area contributed by atoms with Crippen molar-refractivity contribution in [2.24, 2.45) is 5.92 Å². The van der Waals surface area contributed by atoms with Gasteiger partial charge in [-0.25, -0.2) is 4.98 Å². The predicted octanol–water partition coefficient (Wildman–Crippen LogP) is 1.51. The number of aromatic nitrogens is 1. The van der Waals surface area contributed by atoms with Gasteiger partial charge in [0.05, 0.1) is 13.2 Å². The molecule has 1 saturated heterocycles. The Morgan fingerprint density at radius 1 is 1.35 bits per heavy atom. The van der Waals surface area contributed by atoms with Crippen LogP contribution >= 0.6 is 0 Å². The number of ether oxygens (including phenoxy) is 2. The van der Waals surface area contributed by atoms with Crippen molar-refractivity contribution >= 4 is 16.7 Å². The van der Waals surface area contributed by atoms with E-state index >= 15 is 0 Å². The van der Waals surface area contributed by atoms with Crippen molar-refractivity contribution in [2.75, 3.05) is 13.7 Å². The molecule has 1 aromatic heterocycles. The number of carbonyl (C=O) groups excluding carboxylic acids is 1. The Morgan fingerprint density at radius 2 is 2.17 bits per heavy atom. The Morgan fingerprint density at radius 3 is 2.91 bits per heavy atom. The number of amides is 1. The zero-order valence-electron chi connectivity index (χ0n) is 13.2. The second-order valence-electron chi connectivity index (χ2n) is 5.65. The number of hydrogen-bond donors (Lipinski definition) is 2. The molecule has 3 atom stereocenters. The number of nitrogens with zero attached hydrogens (tertiary/aromatic N) is 1. The summed E-state index contributed by atoms with van der Waals surface area (Å²) >= 11 is 0. The van der Waals surface area contributed by atoms with Gasteiger partial charge in [0.25, 0.3) is 0 Å². The molecule has 6 heteroatoms. The number of hydrogen-bond acceptors (Lipinski definition) is 5. The first kappa shape index (κ1) is 15.6. The lowest BCUT2D eigenvalue weighted by atomic mass is 9.96. The molecule has 1 fully saturated rings. The van der Waals surface area contributed by atoms with Crippen molar-refractivity contribution in [3.05, 3.63) is 30.5 Å². The molecule has 1 aliphatic heterocycles. The highest BCUT2D eigenvalue weighted by molar-refractivity contribution is 5.88. The summed E-state index contributed by atoms with van der Waals surface area (Å²) in [5, 5.41) is 14.5. The molecule has 6 nitrogen and oxygen atoms in total. The predicted molar refractivity (Wildman–Crippen MR) is 85.5 cm³/mol. The first-order valence-electron chi connectivity index (χ1n) is 7.68. The molecule has 23 heavy (non-hydrogen) atoms. The van der Waals surface area contributed by atoms with Gasteiger partial charge in [-0.15, -0.1) is 0 Å². The lowest BCUT2D eigenvalue weighted by Crippen LogP contribution is -2.34. The second kappa shape index (κ2) is 6.42. The van der Waals surface area contributed by atoms with E-state index in [4.69, 9.17) is 9.47 Å². The normalized spacial score (nSPS) is 23.8. The van der Waals surface area contributed by atoms with E-state index in [2.05, 4.69) is 10.3 Å². The van der Waals surface area contributed by atoms with Crippen LogP contribution in [0.2, 0.25) is 0 Å².